The summed E-state index contributed by atoms with van der Waals surface area (Å²) in [5.41, 5.74) is 7.21. The van der Waals surface area contributed by atoms with Crippen molar-refractivity contribution in [2.45, 2.75) is 0 Å². The average Bonchev–Trinajstić information content (AvgIpc) is 3.39. The van der Waals surface area contributed by atoms with E-state index in [1.165, 1.54) is 49.0 Å². The van der Waals surface area contributed by atoms with Crippen LogP contribution >= 0.6 is 0 Å². The Labute approximate surface area is 195 Å². The largest absolute Gasteiger partial charge is 0.458 e. The number of nitrogens with zero attached hydrogens (tertiary/aromatic N) is 1. The molecule has 7 aromatic rings. The minimum absolute atomic E-state index is 0.0844. The number of benzene rings is 5. The molecule has 0 spiro atoms. The van der Waals surface area contributed by atoms with Crippen molar-refractivity contribution >= 4 is 61.2 Å². The normalized spacial score (nSPS) is 13.7. The molecule has 0 bridgehead atoms. The highest BCUT2D eigenvalue weighted by Gasteiger charge is 2.40. The van der Waals surface area contributed by atoms with Crippen LogP contribution in [0.15, 0.2) is 97.1 Å². The van der Waals surface area contributed by atoms with Gasteiger partial charge < -0.3 is 13.9 Å². The zero-order valence-electron chi connectivity index (χ0n) is 18.1. The molecule has 5 aromatic carbocycles. The van der Waals surface area contributed by atoms with Crippen molar-refractivity contribution in [3.63, 3.8) is 0 Å². The first-order chi connectivity index (χ1) is 16.9. The monoisotopic (exact) mass is 433 g/mol. The predicted molar refractivity (Wildman–Crippen MR) is 139 cm³/mol. The van der Waals surface area contributed by atoms with E-state index in [2.05, 4.69) is 83.3 Å². The van der Waals surface area contributed by atoms with Gasteiger partial charge in [0.2, 0.25) is 0 Å². The second kappa shape index (κ2) is 5.73. The van der Waals surface area contributed by atoms with Gasteiger partial charge in [0.15, 0.2) is 0 Å². The summed E-state index contributed by atoms with van der Waals surface area (Å²) in [6, 6.07) is 34.4. The van der Waals surface area contributed by atoms with Gasteiger partial charge in [0.1, 0.15) is 23.0 Å². The second-order valence-corrected chi connectivity index (χ2v) is 9.30. The highest BCUT2D eigenvalue weighted by molar-refractivity contribution is 6.98. The van der Waals surface area contributed by atoms with E-state index in [-0.39, 0.29) is 6.71 Å². The highest BCUT2D eigenvalue weighted by Crippen LogP contribution is 2.41. The van der Waals surface area contributed by atoms with Gasteiger partial charge in [-0.15, -0.1) is 0 Å². The molecule has 2 aliphatic heterocycles. The number of aromatic nitrogens is 1. The van der Waals surface area contributed by atoms with Gasteiger partial charge in [-0.1, -0.05) is 66.7 Å². The zero-order valence-corrected chi connectivity index (χ0v) is 18.1. The third-order valence-corrected chi connectivity index (χ3v) is 7.65. The van der Waals surface area contributed by atoms with Crippen molar-refractivity contribution < 1.29 is 9.47 Å². The predicted octanol–water partition coefficient (Wildman–Crippen LogP) is 5.56. The van der Waals surface area contributed by atoms with Crippen LogP contribution in [0, 0.1) is 0 Å². The summed E-state index contributed by atoms with van der Waals surface area (Å²) in [6.07, 6.45) is 0. The maximum absolute atomic E-state index is 6.55. The molecule has 0 saturated heterocycles. The number of ether oxygens (including phenoxy) is 2. The van der Waals surface area contributed by atoms with E-state index in [1.807, 2.05) is 18.2 Å². The molecule has 0 aliphatic carbocycles. The smallest absolute Gasteiger partial charge is 0.260 e. The van der Waals surface area contributed by atoms with Gasteiger partial charge in [0.25, 0.3) is 6.71 Å². The van der Waals surface area contributed by atoms with Gasteiger partial charge in [0, 0.05) is 33.1 Å². The lowest BCUT2D eigenvalue weighted by Crippen LogP contribution is -2.57. The summed E-state index contributed by atoms with van der Waals surface area (Å²) in [5.74, 6) is 3.60. The molecule has 0 amide bonds. The van der Waals surface area contributed by atoms with Crippen molar-refractivity contribution in [3.05, 3.63) is 97.1 Å². The van der Waals surface area contributed by atoms with E-state index in [4.69, 9.17) is 9.47 Å². The SMILES string of the molecule is c1ccc2c(c1)Oc1cccc3c1B2c1cc2c4cccc5c6ccccc6n(c2cc1O3)c54. The first kappa shape index (κ1) is 17.1. The van der Waals surface area contributed by atoms with Crippen LogP contribution in [0.4, 0.5) is 0 Å². The van der Waals surface area contributed by atoms with Gasteiger partial charge in [-0.3, -0.25) is 0 Å². The number of rotatable bonds is 0. The molecule has 0 N–H and O–H groups in total. The molecule has 0 atom stereocenters. The standard InChI is InChI=1S/C30H16BNO2/c1-3-11-23-17(7-1)18-8-5-9-19-20-15-22-28(16-24(20)32(23)30(18)19)34-27-14-6-13-26-29(27)31(22)21-10-2-4-12-25(21)33-26/h1-16H. The van der Waals surface area contributed by atoms with E-state index in [1.54, 1.807) is 0 Å². The van der Waals surface area contributed by atoms with Gasteiger partial charge in [-0.25, -0.2) is 0 Å². The zero-order chi connectivity index (χ0) is 22.0. The molecule has 2 aromatic heterocycles. The van der Waals surface area contributed by atoms with Crippen LogP contribution in [0.1, 0.15) is 0 Å². The van der Waals surface area contributed by atoms with Gasteiger partial charge in [0.05, 0.1) is 16.6 Å². The second-order valence-electron chi connectivity index (χ2n) is 9.30. The Morgan fingerprint density at radius 2 is 1.18 bits per heavy atom. The van der Waals surface area contributed by atoms with Crippen molar-refractivity contribution in [3.8, 4) is 23.0 Å². The fourth-order valence-electron chi connectivity index (χ4n) is 6.30. The molecule has 0 saturated carbocycles. The van der Waals surface area contributed by atoms with Crippen LogP contribution in [0.2, 0.25) is 0 Å². The van der Waals surface area contributed by atoms with E-state index >= 15 is 0 Å². The van der Waals surface area contributed by atoms with Crippen molar-refractivity contribution in [2.24, 2.45) is 0 Å². The van der Waals surface area contributed by atoms with Crippen molar-refractivity contribution in [1.82, 2.24) is 4.40 Å². The van der Waals surface area contributed by atoms with Crippen LogP contribution in [0.5, 0.6) is 23.0 Å². The highest BCUT2D eigenvalue weighted by atomic mass is 16.5. The summed E-state index contributed by atoms with van der Waals surface area (Å²) >= 11 is 0. The summed E-state index contributed by atoms with van der Waals surface area (Å²) < 4.78 is 15.2. The first-order valence-electron chi connectivity index (χ1n) is 11.7. The summed E-state index contributed by atoms with van der Waals surface area (Å²) in [5, 5.41) is 5.13. The molecule has 4 heteroatoms. The summed E-state index contributed by atoms with van der Waals surface area (Å²) in [7, 11) is 0. The number of fused-ring (bicyclic) bond motifs is 10. The number of hydrogen-bond acceptors (Lipinski definition) is 2. The Hall–Kier alpha value is -4.44. The van der Waals surface area contributed by atoms with E-state index in [0.717, 1.165) is 28.5 Å². The lowest BCUT2D eigenvalue weighted by molar-refractivity contribution is 0.465. The quantitative estimate of drug-likeness (QED) is 0.292. The number of para-hydroxylation sites is 3. The maximum Gasteiger partial charge on any atom is 0.260 e. The fourth-order valence-corrected chi connectivity index (χ4v) is 6.30. The minimum atomic E-state index is 0.0844. The van der Waals surface area contributed by atoms with Crippen LogP contribution in [-0.2, 0) is 0 Å². The average molecular weight is 433 g/mol. The van der Waals surface area contributed by atoms with E-state index in [0.29, 0.717) is 0 Å². The Kier molecular flexibility index (Phi) is 2.88. The molecule has 0 fully saturated rings. The Balaban J connectivity index is 1.45. The van der Waals surface area contributed by atoms with Crippen molar-refractivity contribution in [1.29, 1.82) is 0 Å². The Morgan fingerprint density at radius 1 is 0.500 bits per heavy atom. The lowest BCUT2D eigenvalue weighted by Gasteiger charge is -2.32. The molecule has 3 nitrogen and oxygen atoms in total. The van der Waals surface area contributed by atoms with Gasteiger partial charge >= 0.3 is 0 Å². The van der Waals surface area contributed by atoms with E-state index < -0.39 is 0 Å². The Morgan fingerprint density at radius 3 is 2.09 bits per heavy atom. The van der Waals surface area contributed by atoms with Gasteiger partial charge in [-0.05, 0) is 35.2 Å². The topological polar surface area (TPSA) is 22.9 Å². The summed E-state index contributed by atoms with van der Waals surface area (Å²) in [6.45, 7) is 0.0844. The van der Waals surface area contributed by atoms with Gasteiger partial charge in [-0.2, -0.15) is 0 Å². The molecule has 4 heterocycles. The third kappa shape index (κ3) is 1.89. The minimum Gasteiger partial charge on any atom is -0.458 e. The Bertz CT molecular complexity index is 1990. The molecule has 156 valence electrons. The fraction of sp³-hybridized carbons (Fsp3) is 0. The summed E-state index contributed by atoms with van der Waals surface area (Å²) in [4.78, 5) is 0. The molecule has 2 aliphatic rings. The van der Waals surface area contributed by atoms with Crippen LogP contribution < -0.4 is 25.9 Å². The van der Waals surface area contributed by atoms with Crippen molar-refractivity contribution in [2.75, 3.05) is 0 Å². The molecule has 34 heavy (non-hydrogen) atoms. The molecular formula is C30H16BNO2. The number of hydrogen-bond donors (Lipinski definition) is 0. The molecule has 9 rings (SSSR count). The molecule has 0 unspecified atom stereocenters. The molecule has 0 radical (unpaired) electrons. The maximum atomic E-state index is 6.55. The van der Waals surface area contributed by atoms with Crippen LogP contribution in [0.25, 0.3) is 38.1 Å². The molecular weight excluding hydrogens is 417 g/mol. The van der Waals surface area contributed by atoms with E-state index in [9.17, 15) is 0 Å². The first-order valence-corrected chi connectivity index (χ1v) is 11.7. The van der Waals surface area contributed by atoms with Crippen LogP contribution in [-0.4, -0.2) is 11.1 Å². The van der Waals surface area contributed by atoms with Crippen LogP contribution in [0.3, 0.4) is 0 Å². The lowest BCUT2D eigenvalue weighted by atomic mass is 9.35. The third-order valence-electron chi connectivity index (χ3n) is 7.65.